The fraction of sp³-hybridized carbons (Fsp3) is 0.933. The molecule has 1 saturated heterocycles. The van der Waals surface area contributed by atoms with E-state index in [1.54, 1.807) is 0 Å². The Morgan fingerprint density at radius 3 is 2.83 bits per heavy atom. The highest BCUT2D eigenvalue weighted by Gasteiger charge is 2.21. The summed E-state index contributed by atoms with van der Waals surface area (Å²) in [7, 11) is 0. The molecule has 2 amide bonds. The standard InChI is InChI=1S/C15H30N2O/c1-4-6-9-14(5-2)11-16-15(18)17-10-7-8-13(3)12-17/h13-14H,4-12H2,1-3H3,(H,16,18). The number of urea groups is 1. The molecule has 0 aromatic heterocycles. The lowest BCUT2D eigenvalue weighted by Gasteiger charge is -2.31. The average Bonchev–Trinajstić information content (AvgIpc) is 2.38. The first-order chi connectivity index (χ1) is 8.67. The first-order valence-electron chi connectivity index (χ1n) is 7.70. The Labute approximate surface area is 112 Å². The highest BCUT2D eigenvalue weighted by atomic mass is 16.2. The summed E-state index contributed by atoms with van der Waals surface area (Å²) in [5.41, 5.74) is 0. The van der Waals surface area contributed by atoms with Gasteiger partial charge >= 0.3 is 6.03 Å². The molecule has 2 atom stereocenters. The molecule has 1 aliphatic rings. The zero-order chi connectivity index (χ0) is 13.4. The number of nitrogens with one attached hydrogen (secondary N) is 1. The third-order valence-corrected chi connectivity index (χ3v) is 4.03. The zero-order valence-electron chi connectivity index (χ0n) is 12.4. The van der Waals surface area contributed by atoms with Crippen LogP contribution in [0.3, 0.4) is 0 Å². The second-order valence-corrected chi connectivity index (χ2v) is 5.80. The number of hydrogen-bond donors (Lipinski definition) is 1. The number of carbonyl (C=O) groups is 1. The number of amides is 2. The van der Waals surface area contributed by atoms with Gasteiger partial charge in [-0.15, -0.1) is 0 Å². The first-order valence-corrected chi connectivity index (χ1v) is 7.70. The van der Waals surface area contributed by atoms with E-state index < -0.39 is 0 Å². The second-order valence-electron chi connectivity index (χ2n) is 5.80. The Kier molecular flexibility index (Phi) is 7.14. The molecule has 3 heteroatoms. The van der Waals surface area contributed by atoms with Crippen LogP contribution in [0.15, 0.2) is 0 Å². The van der Waals surface area contributed by atoms with Gasteiger partial charge in [-0.25, -0.2) is 4.79 Å². The van der Waals surface area contributed by atoms with Crippen LogP contribution < -0.4 is 5.32 Å². The number of rotatable bonds is 6. The summed E-state index contributed by atoms with van der Waals surface area (Å²) >= 11 is 0. The molecule has 2 unspecified atom stereocenters. The molecule has 0 bridgehead atoms. The molecule has 106 valence electrons. The fourth-order valence-electron chi connectivity index (χ4n) is 2.66. The van der Waals surface area contributed by atoms with E-state index in [0.717, 1.165) is 32.5 Å². The smallest absolute Gasteiger partial charge is 0.317 e. The van der Waals surface area contributed by atoms with Gasteiger partial charge in [0.2, 0.25) is 0 Å². The van der Waals surface area contributed by atoms with Gasteiger partial charge in [0.1, 0.15) is 0 Å². The van der Waals surface area contributed by atoms with Gasteiger partial charge in [0.25, 0.3) is 0 Å². The Balaban J connectivity index is 2.26. The average molecular weight is 254 g/mol. The SMILES string of the molecule is CCCCC(CC)CNC(=O)N1CCCC(C)C1. The number of nitrogens with zero attached hydrogens (tertiary/aromatic N) is 1. The van der Waals surface area contributed by atoms with E-state index in [-0.39, 0.29) is 6.03 Å². The van der Waals surface area contributed by atoms with Crippen LogP contribution in [-0.2, 0) is 0 Å². The summed E-state index contributed by atoms with van der Waals surface area (Å²) in [6.07, 6.45) is 7.34. The summed E-state index contributed by atoms with van der Waals surface area (Å²) in [6.45, 7) is 9.38. The van der Waals surface area contributed by atoms with Crippen LogP contribution in [0, 0.1) is 11.8 Å². The minimum atomic E-state index is 0.150. The summed E-state index contributed by atoms with van der Waals surface area (Å²) in [5.74, 6) is 1.31. The fourth-order valence-corrected chi connectivity index (χ4v) is 2.66. The molecule has 1 rings (SSSR count). The minimum Gasteiger partial charge on any atom is -0.338 e. The molecule has 0 aromatic carbocycles. The molecule has 0 spiro atoms. The normalized spacial score (nSPS) is 21.7. The monoisotopic (exact) mass is 254 g/mol. The van der Waals surface area contributed by atoms with E-state index in [1.165, 1.54) is 25.7 Å². The molecule has 1 fully saturated rings. The van der Waals surface area contributed by atoms with E-state index in [4.69, 9.17) is 0 Å². The van der Waals surface area contributed by atoms with Gasteiger partial charge in [0.15, 0.2) is 0 Å². The van der Waals surface area contributed by atoms with Crippen molar-refractivity contribution >= 4 is 6.03 Å². The van der Waals surface area contributed by atoms with Gasteiger partial charge in [-0.3, -0.25) is 0 Å². The van der Waals surface area contributed by atoms with E-state index in [2.05, 4.69) is 26.1 Å². The van der Waals surface area contributed by atoms with Crippen molar-refractivity contribution in [2.75, 3.05) is 19.6 Å². The van der Waals surface area contributed by atoms with Crippen LogP contribution in [0.4, 0.5) is 4.79 Å². The van der Waals surface area contributed by atoms with Gasteiger partial charge in [-0.05, 0) is 31.1 Å². The molecular formula is C15H30N2O. The summed E-state index contributed by atoms with van der Waals surface area (Å²) in [6, 6.07) is 0.150. The van der Waals surface area contributed by atoms with E-state index >= 15 is 0 Å². The molecule has 0 radical (unpaired) electrons. The van der Waals surface area contributed by atoms with Crippen molar-refractivity contribution in [2.24, 2.45) is 11.8 Å². The van der Waals surface area contributed by atoms with Gasteiger partial charge in [0.05, 0.1) is 0 Å². The number of carbonyl (C=O) groups excluding carboxylic acids is 1. The van der Waals surface area contributed by atoms with E-state index in [0.29, 0.717) is 11.8 Å². The van der Waals surface area contributed by atoms with Crippen LogP contribution in [0.25, 0.3) is 0 Å². The largest absolute Gasteiger partial charge is 0.338 e. The minimum absolute atomic E-state index is 0.150. The van der Waals surface area contributed by atoms with Gasteiger partial charge < -0.3 is 10.2 Å². The predicted molar refractivity (Wildman–Crippen MR) is 76.7 cm³/mol. The van der Waals surface area contributed by atoms with E-state index in [1.807, 2.05) is 4.90 Å². The number of unbranched alkanes of at least 4 members (excludes halogenated alkanes) is 1. The highest BCUT2D eigenvalue weighted by molar-refractivity contribution is 5.74. The maximum Gasteiger partial charge on any atom is 0.317 e. The molecule has 1 N–H and O–H groups in total. The lowest BCUT2D eigenvalue weighted by Crippen LogP contribution is -2.46. The summed E-state index contributed by atoms with van der Waals surface area (Å²) in [5, 5.41) is 3.12. The van der Waals surface area contributed by atoms with Gasteiger partial charge in [-0.1, -0.05) is 40.0 Å². The third-order valence-electron chi connectivity index (χ3n) is 4.03. The molecular weight excluding hydrogens is 224 g/mol. The Morgan fingerprint density at radius 1 is 1.44 bits per heavy atom. The number of hydrogen-bond acceptors (Lipinski definition) is 1. The van der Waals surface area contributed by atoms with Crippen LogP contribution in [0.2, 0.25) is 0 Å². The Hall–Kier alpha value is -0.730. The molecule has 18 heavy (non-hydrogen) atoms. The van der Waals surface area contributed by atoms with Crippen molar-refractivity contribution in [1.82, 2.24) is 10.2 Å². The first kappa shape index (κ1) is 15.3. The topological polar surface area (TPSA) is 32.3 Å². The Morgan fingerprint density at radius 2 is 2.22 bits per heavy atom. The quantitative estimate of drug-likeness (QED) is 0.771. The van der Waals surface area contributed by atoms with Crippen molar-refractivity contribution in [3.05, 3.63) is 0 Å². The summed E-state index contributed by atoms with van der Waals surface area (Å²) in [4.78, 5) is 14.0. The van der Waals surface area contributed by atoms with Crippen LogP contribution in [0.1, 0.15) is 59.3 Å². The van der Waals surface area contributed by atoms with Crippen LogP contribution in [-0.4, -0.2) is 30.6 Å². The van der Waals surface area contributed by atoms with Crippen molar-refractivity contribution < 1.29 is 4.79 Å². The molecule has 0 saturated carbocycles. The molecule has 0 aliphatic carbocycles. The lowest BCUT2D eigenvalue weighted by molar-refractivity contribution is 0.168. The summed E-state index contributed by atoms with van der Waals surface area (Å²) < 4.78 is 0. The van der Waals surface area contributed by atoms with E-state index in [9.17, 15) is 4.79 Å². The molecule has 0 aromatic rings. The highest BCUT2D eigenvalue weighted by Crippen LogP contribution is 2.16. The zero-order valence-corrected chi connectivity index (χ0v) is 12.4. The van der Waals surface area contributed by atoms with Crippen LogP contribution >= 0.6 is 0 Å². The maximum atomic E-state index is 12.1. The Bertz CT molecular complexity index is 243. The molecule has 1 heterocycles. The number of piperidine rings is 1. The van der Waals surface area contributed by atoms with Crippen molar-refractivity contribution in [2.45, 2.75) is 59.3 Å². The number of likely N-dealkylation sites (tertiary alicyclic amines) is 1. The molecule has 1 aliphatic heterocycles. The maximum absolute atomic E-state index is 12.1. The van der Waals surface area contributed by atoms with Crippen LogP contribution in [0.5, 0.6) is 0 Å². The lowest BCUT2D eigenvalue weighted by atomic mass is 9.99. The predicted octanol–water partition coefficient (Wildman–Crippen LogP) is 3.64. The van der Waals surface area contributed by atoms with Crippen molar-refractivity contribution in [1.29, 1.82) is 0 Å². The van der Waals surface area contributed by atoms with Gasteiger partial charge in [0, 0.05) is 19.6 Å². The van der Waals surface area contributed by atoms with Crippen molar-refractivity contribution in [3.8, 4) is 0 Å². The van der Waals surface area contributed by atoms with Crippen molar-refractivity contribution in [3.63, 3.8) is 0 Å². The van der Waals surface area contributed by atoms with Gasteiger partial charge in [-0.2, -0.15) is 0 Å². The molecule has 3 nitrogen and oxygen atoms in total. The second kappa shape index (κ2) is 8.39. The third kappa shape index (κ3) is 5.28.